The van der Waals surface area contributed by atoms with Crippen molar-refractivity contribution in [2.24, 2.45) is 17.6 Å². The van der Waals surface area contributed by atoms with Gasteiger partial charge < -0.3 is 15.0 Å². The third kappa shape index (κ3) is 6.16. The highest BCUT2D eigenvalue weighted by atomic mass is 16.5. The molecule has 1 heterocycles. The smallest absolute Gasteiger partial charge is 0.226 e. The van der Waals surface area contributed by atoms with E-state index >= 15 is 0 Å². The third-order valence-corrected chi connectivity index (χ3v) is 3.39. The summed E-state index contributed by atoms with van der Waals surface area (Å²) in [7, 11) is 0. The van der Waals surface area contributed by atoms with E-state index in [1.807, 2.05) is 6.92 Å². The zero-order chi connectivity index (χ0) is 14.1. The summed E-state index contributed by atoms with van der Waals surface area (Å²) in [6.45, 7) is 8.57. The second-order valence-corrected chi connectivity index (χ2v) is 5.17. The van der Waals surface area contributed by atoms with Crippen molar-refractivity contribution in [1.82, 2.24) is 10.1 Å². The first-order chi connectivity index (χ1) is 9.17. The first-order valence-electron chi connectivity index (χ1n) is 7.26. The van der Waals surface area contributed by atoms with Crippen LogP contribution in [0.2, 0.25) is 0 Å². The lowest BCUT2D eigenvalue weighted by Gasteiger charge is -2.18. The van der Waals surface area contributed by atoms with E-state index < -0.39 is 0 Å². The summed E-state index contributed by atoms with van der Waals surface area (Å²) in [6, 6.07) is 0. The summed E-state index contributed by atoms with van der Waals surface area (Å²) in [6.07, 6.45) is 3.67. The van der Waals surface area contributed by atoms with Crippen LogP contribution in [-0.4, -0.2) is 29.9 Å². The molecule has 1 rings (SSSR count). The number of hydrogen-bond acceptors (Lipinski definition) is 5. The normalized spacial score (nSPS) is 13.1. The standard InChI is InChI=1S/C14H27N3O2/c1-4-18-10-8-13-16-14(19-17-13)6-5-12(7-9-15)11(2)3/h11-12H,4-10,15H2,1-3H3. The fourth-order valence-corrected chi connectivity index (χ4v) is 2.13. The molecule has 110 valence electrons. The molecule has 1 aromatic rings. The third-order valence-electron chi connectivity index (χ3n) is 3.39. The van der Waals surface area contributed by atoms with Crippen LogP contribution in [0.3, 0.4) is 0 Å². The average Bonchev–Trinajstić information content (AvgIpc) is 2.82. The molecule has 0 bridgehead atoms. The number of rotatable bonds is 10. The minimum Gasteiger partial charge on any atom is -0.381 e. The van der Waals surface area contributed by atoms with Gasteiger partial charge in [-0.25, -0.2) is 0 Å². The highest BCUT2D eigenvalue weighted by Crippen LogP contribution is 2.20. The first kappa shape index (κ1) is 16.1. The quantitative estimate of drug-likeness (QED) is 0.659. The molecule has 5 nitrogen and oxygen atoms in total. The van der Waals surface area contributed by atoms with Gasteiger partial charge >= 0.3 is 0 Å². The lowest BCUT2D eigenvalue weighted by Crippen LogP contribution is -2.15. The molecule has 0 aliphatic carbocycles. The van der Waals surface area contributed by atoms with E-state index in [9.17, 15) is 0 Å². The van der Waals surface area contributed by atoms with Gasteiger partial charge in [0.05, 0.1) is 6.61 Å². The summed E-state index contributed by atoms with van der Waals surface area (Å²) in [5.41, 5.74) is 5.64. The molecule has 19 heavy (non-hydrogen) atoms. The van der Waals surface area contributed by atoms with Gasteiger partial charge in [0.25, 0.3) is 0 Å². The molecule has 0 spiro atoms. The SMILES string of the molecule is CCOCCc1noc(CCC(CCN)C(C)C)n1. The second-order valence-electron chi connectivity index (χ2n) is 5.17. The van der Waals surface area contributed by atoms with E-state index in [2.05, 4.69) is 24.0 Å². The molecule has 1 atom stereocenters. The van der Waals surface area contributed by atoms with Crippen molar-refractivity contribution in [3.05, 3.63) is 11.7 Å². The van der Waals surface area contributed by atoms with Crippen LogP contribution in [0.4, 0.5) is 0 Å². The minimum atomic E-state index is 0.628. The zero-order valence-electron chi connectivity index (χ0n) is 12.4. The lowest BCUT2D eigenvalue weighted by atomic mass is 9.88. The fraction of sp³-hybridized carbons (Fsp3) is 0.857. The molecule has 0 aliphatic heterocycles. The van der Waals surface area contributed by atoms with E-state index in [1.54, 1.807) is 0 Å². The topological polar surface area (TPSA) is 74.2 Å². The van der Waals surface area contributed by atoms with Crippen molar-refractivity contribution in [2.75, 3.05) is 19.8 Å². The number of ether oxygens (including phenoxy) is 1. The van der Waals surface area contributed by atoms with Gasteiger partial charge in [0.1, 0.15) is 0 Å². The zero-order valence-corrected chi connectivity index (χ0v) is 12.4. The lowest BCUT2D eigenvalue weighted by molar-refractivity contribution is 0.149. The van der Waals surface area contributed by atoms with Crippen LogP contribution in [0, 0.1) is 11.8 Å². The molecule has 1 aromatic heterocycles. The van der Waals surface area contributed by atoms with E-state index in [0.29, 0.717) is 24.9 Å². The van der Waals surface area contributed by atoms with Crippen molar-refractivity contribution in [1.29, 1.82) is 0 Å². The fourth-order valence-electron chi connectivity index (χ4n) is 2.13. The summed E-state index contributed by atoms with van der Waals surface area (Å²) in [5.74, 6) is 2.74. The molecule has 0 amide bonds. The highest BCUT2D eigenvalue weighted by molar-refractivity contribution is 4.87. The van der Waals surface area contributed by atoms with Gasteiger partial charge in [-0.1, -0.05) is 19.0 Å². The Labute approximate surface area is 115 Å². The van der Waals surface area contributed by atoms with E-state index in [-0.39, 0.29) is 0 Å². The molecular formula is C14H27N3O2. The van der Waals surface area contributed by atoms with Crippen LogP contribution in [0.25, 0.3) is 0 Å². The summed E-state index contributed by atoms with van der Waals surface area (Å²) in [4.78, 5) is 4.38. The Morgan fingerprint density at radius 3 is 2.68 bits per heavy atom. The van der Waals surface area contributed by atoms with Crippen LogP contribution in [0.15, 0.2) is 4.52 Å². The number of nitrogens with zero attached hydrogens (tertiary/aromatic N) is 2. The summed E-state index contributed by atoms with van der Waals surface area (Å²) < 4.78 is 10.5. The molecule has 5 heteroatoms. The van der Waals surface area contributed by atoms with Crippen molar-refractivity contribution >= 4 is 0 Å². The number of hydrogen-bond donors (Lipinski definition) is 1. The van der Waals surface area contributed by atoms with Gasteiger partial charge in [0.2, 0.25) is 5.89 Å². The van der Waals surface area contributed by atoms with Crippen LogP contribution in [0.1, 0.15) is 45.3 Å². The van der Waals surface area contributed by atoms with Crippen molar-refractivity contribution < 1.29 is 9.26 Å². The molecule has 0 saturated carbocycles. The second kappa shape index (κ2) is 9.04. The molecular weight excluding hydrogens is 242 g/mol. The molecule has 0 fully saturated rings. The van der Waals surface area contributed by atoms with E-state index in [1.165, 1.54) is 0 Å². The summed E-state index contributed by atoms with van der Waals surface area (Å²) in [5, 5.41) is 3.97. The molecule has 0 radical (unpaired) electrons. The number of nitrogens with two attached hydrogens (primary N) is 1. The molecule has 1 unspecified atom stereocenters. The maximum Gasteiger partial charge on any atom is 0.226 e. The Hall–Kier alpha value is -0.940. The van der Waals surface area contributed by atoms with Crippen molar-refractivity contribution in [3.63, 3.8) is 0 Å². The van der Waals surface area contributed by atoms with Gasteiger partial charge in [-0.3, -0.25) is 0 Å². The van der Waals surface area contributed by atoms with Gasteiger partial charge in [-0.15, -0.1) is 0 Å². The van der Waals surface area contributed by atoms with Crippen molar-refractivity contribution in [2.45, 2.75) is 46.5 Å². The van der Waals surface area contributed by atoms with Gasteiger partial charge in [-0.05, 0) is 38.1 Å². The van der Waals surface area contributed by atoms with Gasteiger partial charge in [0.15, 0.2) is 5.82 Å². The number of aryl methyl sites for hydroxylation is 1. The first-order valence-corrected chi connectivity index (χ1v) is 7.26. The van der Waals surface area contributed by atoms with Crippen LogP contribution in [0.5, 0.6) is 0 Å². The van der Waals surface area contributed by atoms with E-state index in [0.717, 1.165) is 44.1 Å². The Balaban J connectivity index is 2.36. The molecule has 2 N–H and O–H groups in total. The maximum absolute atomic E-state index is 5.64. The predicted molar refractivity (Wildman–Crippen MR) is 74.8 cm³/mol. The molecule has 0 aliphatic rings. The average molecular weight is 269 g/mol. The van der Waals surface area contributed by atoms with E-state index in [4.69, 9.17) is 15.0 Å². The maximum atomic E-state index is 5.64. The minimum absolute atomic E-state index is 0.628. The number of aromatic nitrogens is 2. The van der Waals surface area contributed by atoms with Gasteiger partial charge in [-0.2, -0.15) is 4.98 Å². The Morgan fingerprint density at radius 1 is 1.26 bits per heavy atom. The summed E-state index contributed by atoms with van der Waals surface area (Å²) >= 11 is 0. The molecule has 0 aromatic carbocycles. The molecule has 0 saturated heterocycles. The Kier molecular flexibility index (Phi) is 7.67. The van der Waals surface area contributed by atoms with Gasteiger partial charge in [0, 0.05) is 19.4 Å². The monoisotopic (exact) mass is 269 g/mol. The predicted octanol–water partition coefficient (Wildman–Crippen LogP) is 2.20. The van der Waals surface area contributed by atoms with Crippen LogP contribution < -0.4 is 5.73 Å². The Morgan fingerprint density at radius 2 is 2.05 bits per heavy atom. The highest BCUT2D eigenvalue weighted by Gasteiger charge is 2.14. The van der Waals surface area contributed by atoms with Crippen LogP contribution >= 0.6 is 0 Å². The largest absolute Gasteiger partial charge is 0.381 e. The van der Waals surface area contributed by atoms with Crippen LogP contribution in [-0.2, 0) is 17.6 Å². The Bertz CT molecular complexity index is 339. The van der Waals surface area contributed by atoms with Crippen molar-refractivity contribution in [3.8, 4) is 0 Å².